The molecule has 104 valence electrons. The van der Waals surface area contributed by atoms with Gasteiger partial charge in [0.1, 0.15) is 0 Å². The zero-order valence-electron chi connectivity index (χ0n) is 10.8. The number of rotatable bonds is 4. The van der Waals surface area contributed by atoms with E-state index in [1.807, 2.05) is 12.1 Å². The highest BCUT2D eigenvalue weighted by Gasteiger charge is 2.08. The Bertz CT molecular complexity index is 631. The van der Waals surface area contributed by atoms with Crippen molar-refractivity contribution in [3.05, 3.63) is 58.3 Å². The van der Waals surface area contributed by atoms with Gasteiger partial charge in [-0.05, 0) is 35.9 Å². The Labute approximate surface area is 124 Å². The molecular weight excluding hydrogens is 325 g/mol. The largest absolute Gasteiger partial charge is 0.494 e. The van der Waals surface area contributed by atoms with Gasteiger partial charge in [0.15, 0.2) is 11.6 Å². The molecule has 2 aromatic rings. The number of methoxy groups -OCH3 is 1. The van der Waals surface area contributed by atoms with E-state index in [-0.39, 0.29) is 18.1 Å². The van der Waals surface area contributed by atoms with Crippen molar-refractivity contribution in [1.82, 2.24) is 0 Å². The van der Waals surface area contributed by atoms with Crippen LogP contribution in [-0.2, 0) is 11.2 Å². The van der Waals surface area contributed by atoms with Gasteiger partial charge in [-0.15, -0.1) is 0 Å². The van der Waals surface area contributed by atoms with Crippen LogP contribution in [0.25, 0.3) is 0 Å². The Morgan fingerprint density at radius 2 is 2.10 bits per heavy atom. The zero-order chi connectivity index (χ0) is 14.5. The van der Waals surface area contributed by atoms with Crippen molar-refractivity contribution in [2.24, 2.45) is 0 Å². The first-order valence-electron chi connectivity index (χ1n) is 5.96. The predicted molar refractivity (Wildman–Crippen MR) is 79.4 cm³/mol. The number of carbonyl (C=O) groups is 1. The van der Waals surface area contributed by atoms with Gasteiger partial charge in [0.05, 0.1) is 13.5 Å². The maximum atomic E-state index is 13.5. The average molecular weight is 338 g/mol. The van der Waals surface area contributed by atoms with Gasteiger partial charge in [0.25, 0.3) is 0 Å². The third-order valence-electron chi connectivity index (χ3n) is 2.69. The lowest BCUT2D eigenvalue weighted by molar-refractivity contribution is -0.115. The average Bonchev–Trinajstić information content (AvgIpc) is 2.38. The monoisotopic (exact) mass is 337 g/mol. The summed E-state index contributed by atoms with van der Waals surface area (Å²) in [5.41, 5.74) is 1.29. The molecule has 0 aliphatic heterocycles. The molecular formula is C15H13BrFNO2. The number of carbonyl (C=O) groups excluding carboxylic acids is 1. The van der Waals surface area contributed by atoms with Gasteiger partial charge in [0, 0.05) is 10.2 Å². The first-order valence-corrected chi connectivity index (χ1v) is 6.75. The van der Waals surface area contributed by atoms with Gasteiger partial charge in [-0.2, -0.15) is 0 Å². The number of ether oxygens (including phenoxy) is 1. The molecule has 0 aromatic heterocycles. The highest BCUT2D eigenvalue weighted by Crippen LogP contribution is 2.19. The van der Waals surface area contributed by atoms with Gasteiger partial charge in [-0.25, -0.2) is 4.39 Å². The fourth-order valence-corrected chi connectivity index (χ4v) is 2.18. The minimum absolute atomic E-state index is 0.105. The second kappa shape index (κ2) is 6.52. The van der Waals surface area contributed by atoms with Crippen molar-refractivity contribution in [3.8, 4) is 5.75 Å². The quantitative estimate of drug-likeness (QED) is 0.921. The van der Waals surface area contributed by atoms with Crippen molar-refractivity contribution in [2.45, 2.75) is 6.42 Å². The van der Waals surface area contributed by atoms with Crippen LogP contribution in [0.3, 0.4) is 0 Å². The third-order valence-corrected chi connectivity index (χ3v) is 3.18. The second-order valence-electron chi connectivity index (χ2n) is 4.20. The lowest BCUT2D eigenvalue weighted by atomic mass is 10.1. The minimum atomic E-state index is -0.472. The van der Waals surface area contributed by atoms with Gasteiger partial charge in [-0.3, -0.25) is 4.79 Å². The Morgan fingerprint density at radius 1 is 1.30 bits per heavy atom. The Kier molecular flexibility index (Phi) is 4.74. The van der Waals surface area contributed by atoms with E-state index in [4.69, 9.17) is 4.74 Å². The van der Waals surface area contributed by atoms with Crippen LogP contribution >= 0.6 is 15.9 Å². The number of amides is 1. The topological polar surface area (TPSA) is 38.3 Å². The molecule has 1 N–H and O–H groups in total. The highest BCUT2D eigenvalue weighted by atomic mass is 79.9. The Hall–Kier alpha value is -1.88. The van der Waals surface area contributed by atoms with Crippen molar-refractivity contribution in [1.29, 1.82) is 0 Å². The summed E-state index contributed by atoms with van der Waals surface area (Å²) in [6.07, 6.45) is 0.105. The summed E-state index contributed by atoms with van der Waals surface area (Å²) in [6, 6.07) is 11.8. The van der Waals surface area contributed by atoms with Gasteiger partial charge >= 0.3 is 0 Å². The molecule has 2 aromatic carbocycles. The molecule has 0 heterocycles. The van der Waals surface area contributed by atoms with Crippen LogP contribution in [0, 0.1) is 5.82 Å². The van der Waals surface area contributed by atoms with E-state index in [1.165, 1.54) is 19.2 Å². The summed E-state index contributed by atoms with van der Waals surface area (Å²) in [5.74, 6) is -0.505. The molecule has 5 heteroatoms. The van der Waals surface area contributed by atoms with Crippen LogP contribution < -0.4 is 10.1 Å². The molecule has 1 amide bonds. The summed E-state index contributed by atoms with van der Waals surface area (Å²) in [6.45, 7) is 0. The fraction of sp³-hybridized carbons (Fsp3) is 0.133. The highest BCUT2D eigenvalue weighted by molar-refractivity contribution is 9.10. The van der Waals surface area contributed by atoms with Crippen molar-refractivity contribution in [2.75, 3.05) is 12.4 Å². The van der Waals surface area contributed by atoms with Crippen LogP contribution in [0.5, 0.6) is 5.75 Å². The summed E-state index contributed by atoms with van der Waals surface area (Å²) in [5, 5.41) is 2.76. The first-order chi connectivity index (χ1) is 9.58. The Morgan fingerprint density at radius 3 is 2.75 bits per heavy atom. The van der Waals surface area contributed by atoms with Crippen LogP contribution in [0.4, 0.5) is 10.1 Å². The van der Waals surface area contributed by atoms with E-state index in [1.54, 1.807) is 18.2 Å². The normalized spacial score (nSPS) is 10.2. The van der Waals surface area contributed by atoms with Crippen LogP contribution in [0.1, 0.15) is 5.56 Å². The van der Waals surface area contributed by atoms with Crippen molar-refractivity contribution >= 4 is 27.5 Å². The molecule has 0 aliphatic carbocycles. The van der Waals surface area contributed by atoms with E-state index in [2.05, 4.69) is 21.2 Å². The van der Waals surface area contributed by atoms with Crippen LogP contribution in [0.15, 0.2) is 46.9 Å². The molecule has 0 radical (unpaired) electrons. The van der Waals surface area contributed by atoms with E-state index in [0.717, 1.165) is 4.47 Å². The van der Waals surface area contributed by atoms with Crippen molar-refractivity contribution < 1.29 is 13.9 Å². The molecule has 0 aliphatic rings. The number of nitrogens with one attached hydrogen (secondary N) is 1. The van der Waals surface area contributed by atoms with Crippen molar-refractivity contribution in [3.63, 3.8) is 0 Å². The smallest absolute Gasteiger partial charge is 0.228 e. The van der Waals surface area contributed by atoms with E-state index in [9.17, 15) is 9.18 Å². The van der Waals surface area contributed by atoms with Crippen LogP contribution in [-0.4, -0.2) is 13.0 Å². The molecule has 0 fully saturated rings. The molecule has 3 nitrogen and oxygen atoms in total. The molecule has 20 heavy (non-hydrogen) atoms. The number of halogens is 2. The van der Waals surface area contributed by atoms with E-state index in [0.29, 0.717) is 11.3 Å². The van der Waals surface area contributed by atoms with Gasteiger partial charge in [-0.1, -0.05) is 28.1 Å². The van der Waals surface area contributed by atoms with E-state index < -0.39 is 5.82 Å². The molecule has 0 saturated heterocycles. The van der Waals surface area contributed by atoms with E-state index >= 15 is 0 Å². The number of hydrogen-bond acceptors (Lipinski definition) is 2. The van der Waals surface area contributed by atoms with Crippen LogP contribution in [0.2, 0.25) is 0 Å². The molecule has 0 bridgehead atoms. The molecule has 2 rings (SSSR count). The molecule has 0 spiro atoms. The Balaban J connectivity index is 2.03. The standard InChI is InChI=1S/C15H13BrFNO2/c1-20-14-6-5-10(7-13(14)17)8-15(19)18-12-4-2-3-11(16)9-12/h2-7,9H,8H2,1H3,(H,18,19). The SMILES string of the molecule is COc1ccc(CC(=O)Nc2cccc(Br)c2)cc1F. The maximum absolute atomic E-state index is 13.5. The molecule has 0 unspecified atom stereocenters. The lowest BCUT2D eigenvalue weighted by Crippen LogP contribution is -2.14. The summed E-state index contributed by atoms with van der Waals surface area (Å²) in [4.78, 5) is 11.9. The first kappa shape index (κ1) is 14.5. The van der Waals surface area contributed by atoms with Gasteiger partial charge < -0.3 is 10.1 Å². The summed E-state index contributed by atoms with van der Waals surface area (Å²) >= 11 is 3.33. The number of anilines is 1. The lowest BCUT2D eigenvalue weighted by Gasteiger charge is -2.07. The summed E-state index contributed by atoms with van der Waals surface area (Å²) < 4.78 is 19.2. The zero-order valence-corrected chi connectivity index (χ0v) is 12.4. The molecule has 0 atom stereocenters. The third kappa shape index (κ3) is 3.81. The maximum Gasteiger partial charge on any atom is 0.228 e. The second-order valence-corrected chi connectivity index (χ2v) is 5.12. The van der Waals surface area contributed by atoms with Gasteiger partial charge in [0.2, 0.25) is 5.91 Å². The number of hydrogen-bond donors (Lipinski definition) is 1. The minimum Gasteiger partial charge on any atom is -0.494 e. The predicted octanol–water partition coefficient (Wildman–Crippen LogP) is 3.78. The fourth-order valence-electron chi connectivity index (χ4n) is 1.78. The summed E-state index contributed by atoms with van der Waals surface area (Å²) in [7, 11) is 1.40. The molecule has 0 saturated carbocycles. The number of benzene rings is 2.